The predicted molar refractivity (Wildman–Crippen MR) is 207 cm³/mol. The summed E-state index contributed by atoms with van der Waals surface area (Å²) in [5.41, 5.74) is 0. The van der Waals surface area contributed by atoms with Gasteiger partial charge >= 0.3 is 0 Å². The number of aliphatic hydroxyl groups is 5. The topological polar surface area (TPSA) is 149 Å². The summed E-state index contributed by atoms with van der Waals surface area (Å²) in [5, 5.41) is 53.8. The Balaban J connectivity index is 2.35. The smallest absolute Gasteiger partial charge is 0.220 e. The number of aliphatic hydroxyl groups excluding tert-OH is 5. The Morgan fingerprint density at radius 2 is 1.12 bits per heavy atom. The summed E-state index contributed by atoms with van der Waals surface area (Å²) in [4.78, 5) is 12.9. The molecule has 0 aliphatic carbocycles. The van der Waals surface area contributed by atoms with E-state index in [-0.39, 0.29) is 12.5 Å². The number of nitrogens with one attached hydrogen (secondary N) is 1. The van der Waals surface area contributed by atoms with Crippen molar-refractivity contribution in [3.63, 3.8) is 0 Å². The Hall–Kier alpha value is -1.59. The summed E-state index contributed by atoms with van der Waals surface area (Å²) in [6.45, 7) is 3.68. The maximum atomic E-state index is 12.9. The summed E-state index contributed by atoms with van der Waals surface area (Å²) < 4.78 is 11.1. The van der Waals surface area contributed by atoms with Gasteiger partial charge in [0.2, 0.25) is 5.91 Å². The van der Waals surface area contributed by atoms with Gasteiger partial charge < -0.3 is 40.3 Å². The lowest BCUT2D eigenvalue weighted by Crippen LogP contribution is -2.60. The van der Waals surface area contributed by atoms with Gasteiger partial charge in [-0.3, -0.25) is 4.79 Å². The highest BCUT2D eigenvalue weighted by Crippen LogP contribution is 2.22. The van der Waals surface area contributed by atoms with Crippen LogP contribution >= 0.6 is 0 Å². The number of allylic oxidation sites excluding steroid dienone is 5. The Morgan fingerprint density at radius 1 is 0.647 bits per heavy atom. The van der Waals surface area contributed by atoms with Gasteiger partial charge in [0.1, 0.15) is 24.4 Å². The highest BCUT2D eigenvalue weighted by molar-refractivity contribution is 5.76. The molecular formula is C42H77NO8. The quantitative estimate of drug-likeness (QED) is 0.0298. The summed E-state index contributed by atoms with van der Waals surface area (Å²) in [6.07, 6.45) is 32.0. The number of carbonyl (C=O) groups is 1. The van der Waals surface area contributed by atoms with Crippen molar-refractivity contribution in [1.82, 2.24) is 5.32 Å². The second-order valence-corrected chi connectivity index (χ2v) is 14.4. The second-order valence-electron chi connectivity index (χ2n) is 14.4. The first-order valence-electron chi connectivity index (χ1n) is 20.7. The van der Waals surface area contributed by atoms with Crippen molar-refractivity contribution >= 4 is 5.91 Å². The average molecular weight is 724 g/mol. The lowest BCUT2D eigenvalue weighted by atomic mass is 9.99. The van der Waals surface area contributed by atoms with E-state index in [4.69, 9.17) is 9.47 Å². The van der Waals surface area contributed by atoms with Gasteiger partial charge in [0, 0.05) is 6.42 Å². The fourth-order valence-corrected chi connectivity index (χ4v) is 6.28. The molecule has 1 heterocycles. The zero-order valence-electron chi connectivity index (χ0n) is 32.4. The Morgan fingerprint density at radius 3 is 1.69 bits per heavy atom. The van der Waals surface area contributed by atoms with E-state index in [9.17, 15) is 30.3 Å². The third-order valence-corrected chi connectivity index (χ3v) is 9.69. The van der Waals surface area contributed by atoms with Crippen LogP contribution in [0.4, 0.5) is 0 Å². The van der Waals surface area contributed by atoms with Gasteiger partial charge in [0.05, 0.1) is 25.4 Å². The molecule has 51 heavy (non-hydrogen) atoms. The molecule has 0 aromatic carbocycles. The zero-order chi connectivity index (χ0) is 37.4. The number of hydrogen-bond donors (Lipinski definition) is 6. The summed E-state index contributed by atoms with van der Waals surface area (Å²) in [5.74, 6) is -0.194. The molecule has 7 unspecified atom stereocenters. The first-order chi connectivity index (χ1) is 24.8. The van der Waals surface area contributed by atoms with E-state index >= 15 is 0 Å². The molecule has 0 spiro atoms. The molecule has 1 fully saturated rings. The minimum Gasteiger partial charge on any atom is -0.394 e. The van der Waals surface area contributed by atoms with Crippen LogP contribution in [0.5, 0.6) is 0 Å². The van der Waals surface area contributed by atoms with Crippen molar-refractivity contribution in [2.24, 2.45) is 0 Å². The van der Waals surface area contributed by atoms with Gasteiger partial charge in [-0.25, -0.2) is 0 Å². The summed E-state index contributed by atoms with van der Waals surface area (Å²) >= 11 is 0. The van der Waals surface area contributed by atoms with E-state index in [1.54, 1.807) is 6.08 Å². The van der Waals surface area contributed by atoms with Crippen LogP contribution in [-0.4, -0.2) is 87.5 Å². The van der Waals surface area contributed by atoms with Crippen molar-refractivity contribution in [1.29, 1.82) is 0 Å². The molecule has 0 bridgehead atoms. The summed E-state index contributed by atoms with van der Waals surface area (Å²) in [7, 11) is 0. The number of carbonyl (C=O) groups excluding carboxylic acids is 1. The highest BCUT2D eigenvalue weighted by Gasteiger charge is 2.44. The van der Waals surface area contributed by atoms with Crippen LogP contribution in [0.1, 0.15) is 168 Å². The van der Waals surface area contributed by atoms with E-state index < -0.39 is 49.5 Å². The Labute approximate surface area is 311 Å². The number of unbranched alkanes of at least 4 members (excludes halogenated alkanes) is 19. The molecule has 0 aromatic rings. The number of hydrogen-bond acceptors (Lipinski definition) is 8. The highest BCUT2D eigenvalue weighted by atomic mass is 16.7. The molecule has 7 atom stereocenters. The van der Waals surface area contributed by atoms with Crippen LogP contribution in [0.25, 0.3) is 0 Å². The maximum absolute atomic E-state index is 12.9. The molecule has 1 rings (SSSR count). The zero-order valence-corrected chi connectivity index (χ0v) is 32.4. The fraction of sp³-hybridized carbons (Fsp3) is 0.833. The Kier molecular flexibility index (Phi) is 30.7. The molecule has 1 amide bonds. The van der Waals surface area contributed by atoms with E-state index in [2.05, 4.69) is 43.5 Å². The van der Waals surface area contributed by atoms with Crippen LogP contribution < -0.4 is 5.32 Å². The minimum absolute atomic E-state index is 0.194. The van der Waals surface area contributed by atoms with E-state index in [0.717, 1.165) is 38.5 Å². The lowest BCUT2D eigenvalue weighted by Gasteiger charge is -2.40. The van der Waals surface area contributed by atoms with Gasteiger partial charge in [-0.1, -0.05) is 140 Å². The minimum atomic E-state index is -1.57. The third-order valence-electron chi connectivity index (χ3n) is 9.69. The first kappa shape index (κ1) is 47.4. The molecule has 0 radical (unpaired) electrons. The molecule has 9 nitrogen and oxygen atoms in total. The van der Waals surface area contributed by atoms with Crippen molar-refractivity contribution < 1.29 is 39.8 Å². The van der Waals surface area contributed by atoms with Crippen LogP contribution in [0.3, 0.4) is 0 Å². The molecule has 1 aliphatic rings. The molecule has 0 aromatic heterocycles. The fourth-order valence-electron chi connectivity index (χ4n) is 6.28. The molecule has 1 aliphatic heterocycles. The van der Waals surface area contributed by atoms with Crippen LogP contribution in [-0.2, 0) is 14.3 Å². The van der Waals surface area contributed by atoms with Gasteiger partial charge in [-0.15, -0.1) is 0 Å². The SMILES string of the molecule is CCCCC/C=C/CC/C=C/C(O)C(COC1OC(CO)C(O)C(O)C1O)NC(=O)CCCCCCCCCCC/C=C\CCCCCCCC. The molecule has 298 valence electrons. The monoisotopic (exact) mass is 724 g/mol. The summed E-state index contributed by atoms with van der Waals surface area (Å²) in [6, 6.07) is -0.818. The van der Waals surface area contributed by atoms with Crippen molar-refractivity contribution in [3.05, 3.63) is 36.5 Å². The third kappa shape index (κ3) is 24.4. The van der Waals surface area contributed by atoms with Crippen molar-refractivity contribution in [3.8, 4) is 0 Å². The normalized spacial score (nSPS) is 22.4. The van der Waals surface area contributed by atoms with Crippen LogP contribution in [0.2, 0.25) is 0 Å². The van der Waals surface area contributed by atoms with Gasteiger partial charge in [-0.2, -0.15) is 0 Å². The molecule has 6 N–H and O–H groups in total. The molecule has 0 saturated carbocycles. The van der Waals surface area contributed by atoms with E-state index in [1.165, 1.54) is 109 Å². The van der Waals surface area contributed by atoms with E-state index in [1.807, 2.05) is 6.08 Å². The number of rotatable bonds is 33. The lowest BCUT2D eigenvalue weighted by molar-refractivity contribution is -0.302. The molecular weight excluding hydrogens is 646 g/mol. The van der Waals surface area contributed by atoms with Gasteiger partial charge in [0.25, 0.3) is 0 Å². The first-order valence-corrected chi connectivity index (χ1v) is 20.7. The molecule has 9 heteroatoms. The second kappa shape index (κ2) is 33.0. The van der Waals surface area contributed by atoms with Crippen LogP contribution in [0.15, 0.2) is 36.5 Å². The number of amides is 1. The van der Waals surface area contributed by atoms with E-state index in [0.29, 0.717) is 6.42 Å². The van der Waals surface area contributed by atoms with Crippen molar-refractivity contribution in [2.75, 3.05) is 13.2 Å². The van der Waals surface area contributed by atoms with Gasteiger partial charge in [0.15, 0.2) is 6.29 Å². The molecule has 1 saturated heterocycles. The Bertz CT molecular complexity index is 894. The standard InChI is InChI=1S/C42H77NO8/c1-3-5-7-9-11-13-14-15-16-17-18-19-20-21-22-24-26-28-30-32-38(46)43-35(36(45)31-29-27-25-23-12-10-8-6-4-2)34-50-42-41(49)40(48)39(47)37(33-44)51-42/h12,15-16,23,29,31,35-37,39-42,44-45,47-49H,3-11,13-14,17-22,24-28,30,32-34H2,1-2H3,(H,43,46)/b16-15-,23-12+,31-29+. The predicted octanol–water partition coefficient (Wildman–Crippen LogP) is 7.72. The van der Waals surface area contributed by atoms with Crippen LogP contribution in [0, 0.1) is 0 Å². The largest absolute Gasteiger partial charge is 0.394 e. The van der Waals surface area contributed by atoms with Crippen molar-refractivity contribution in [2.45, 2.75) is 211 Å². The average Bonchev–Trinajstić information content (AvgIpc) is 3.13. The number of ether oxygens (including phenoxy) is 2. The maximum Gasteiger partial charge on any atom is 0.220 e. The van der Waals surface area contributed by atoms with Gasteiger partial charge in [-0.05, 0) is 57.8 Å².